The maximum Gasteiger partial charge on any atom is 0.284 e. The summed E-state index contributed by atoms with van der Waals surface area (Å²) in [7, 11) is 0. The summed E-state index contributed by atoms with van der Waals surface area (Å²) in [6, 6.07) is 16.5. The summed E-state index contributed by atoms with van der Waals surface area (Å²) in [6.45, 7) is 6.00. The largest absolute Gasteiger partial charge is 0.439 e. The third kappa shape index (κ3) is 4.18. The van der Waals surface area contributed by atoms with Crippen LogP contribution in [0.15, 0.2) is 60.9 Å². The summed E-state index contributed by atoms with van der Waals surface area (Å²) in [5.74, 6) is 1.37. The third-order valence-electron chi connectivity index (χ3n) is 5.32. The highest BCUT2D eigenvalue weighted by molar-refractivity contribution is 7.20. The second-order valence-electron chi connectivity index (χ2n) is 7.49. The Morgan fingerprint density at radius 2 is 1.82 bits per heavy atom. The van der Waals surface area contributed by atoms with Gasteiger partial charge in [-0.1, -0.05) is 12.1 Å². The zero-order chi connectivity index (χ0) is 22.9. The molecular weight excluding hydrogens is 436 g/mol. The van der Waals surface area contributed by atoms with E-state index >= 15 is 0 Å². The van der Waals surface area contributed by atoms with Crippen LogP contribution in [0.4, 0.5) is 5.69 Å². The van der Waals surface area contributed by atoms with E-state index in [0.29, 0.717) is 28.1 Å². The van der Waals surface area contributed by atoms with Crippen LogP contribution in [0.2, 0.25) is 0 Å². The molecule has 0 spiro atoms. The number of amides is 1. The van der Waals surface area contributed by atoms with Gasteiger partial charge in [0.05, 0.1) is 15.9 Å². The molecule has 3 heterocycles. The van der Waals surface area contributed by atoms with Crippen molar-refractivity contribution < 1.29 is 9.53 Å². The molecule has 8 nitrogen and oxygen atoms in total. The minimum atomic E-state index is -0.245. The topological polar surface area (TPSA) is 94.8 Å². The first-order valence-corrected chi connectivity index (χ1v) is 11.1. The van der Waals surface area contributed by atoms with Gasteiger partial charge in [-0.05, 0) is 62.7 Å². The van der Waals surface area contributed by atoms with Crippen LogP contribution in [-0.2, 0) is 0 Å². The number of nitrogens with one attached hydrogen (secondary N) is 1. The van der Waals surface area contributed by atoms with Gasteiger partial charge in [-0.3, -0.25) is 4.79 Å². The summed E-state index contributed by atoms with van der Waals surface area (Å²) >= 11 is 1.36. The molecule has 1 amide bonds. The summed E-state index contributed by atoms with van der Waals surface area (Å²) in [4.78, 5) is 25.5. The summed E-state index contributed by atoms with van der Waals surface area (Å²) in [5, 5.41) is 7.82. The number of hydrogen-bond acceptors (Lipinski definition) is 7. The Bertz CT molecular complexity index is 1440. The van der Waals surface area contributed by atoms with Crippen molar-refractivity contribution in [2.45, 2.75) is 20.8 Å². The number of fused-ring (bicyclic) bond motifs is 1. The minimum Gasteiger partial charge on any atom is -0.439 e. The van der Waals surface area contributed by atoms with Gasteiger partial charge in [0.15, 0.2) is 10.8 Å². The lowest BCUT2D eigenvalue weighted by atomic mass is 10.2. The van der Waals surface area contributed by atoms with Crippen LogP contribution in [0.1, 0.15) is 26.8 Å². The third-order valence-corrected chi connectivity index (χ3v) is 6.36. The number of aryl methyl sites for hydroxylation is 1. The van der Waals surface area contributed by atoms with Gasteiger partial charge in [0.2, 0.25) is 5.88 Å². The quantitative estimate of drug-likeness (QED) is 0.389. The maximum absolute atomic E-state index is 12.6. The standard InChI is InChI=1S/C24H20N6O2S/c1-14-15(2)29-30(16(14)3)21-12-22(26-13-25-21)32-18-10-8-17(9-11-18)27-23(31)24-28-19-6-4-5-7-20(19)33-24/h4-13H,1-3H3,(H,27,31). The molecule has 33 heavy (non-hydrogen) atoms. The van der Waals surface area contributed by atoms with Crippen molar-refractivity contribution in [2.24, 2.45) is 0 Å². The van der Waals surface area contributed by atoms with Crippen LogP contribution in [0.5, 0.6) is 11.6 Å². The number of anilines is 1. The Morgan fingerprint density at radius 3 is 2.55 bits per heavy atom. The molecule has 5 rings (SSSR count). The fourth-order valence-electron chi connectivity index (χ4n) is 3.33. The van der Waals surface area contributed by atoms with E-state index < -0.39 is 0 Å². The van der Waals surface area contributed by atoms with E-state index in [1.807, 2.05) is 45.0 Å². The highest BCUT2D eigenvalue weighted by Crippen LogP contribution is 2.25. The van der Waals surface area contributed by atoms with E-state index in [0.717, 1.165) is 27.2 Å². The Kier molecular flexibility index (Phi) is 5.31. The molecule has 3 aromatic heterocycles. The van der Waals surface area contributed by atoms with E-state index in [2.05, 4.69) is 25.4 Å². The molecular formula is C24H20N6O2S. The van der Waals surface area contributed by atoms with Crippen LogP contribution in [0, 0.1) is 20.8 Å². The van der Waals surface area contributed by atoms with Gasteiger partial charge < -0.3 is 10.1 Å². The molecule has 0 radical (unpaired) electrons. The van der Waals surface area contributed by atoms with Crippen molar-refractivity contribution in [3.8, 4) is 17.4 Å². The zero-order valence-electron chi connectivity index (χ0n) is 18.2. The molecule has 0 atom stereocenters. The molecule has 1 N–H and O–H groups in total. The number of para-hydroxylation sites is 1. The second kappa shape index (κ2) is 8.44. The van der Waals surface area contributed by atoms with Crippen molar-refractivity contribution in [3.05, 3.63) is 82.9 Å². The van der Waals surface area contributed by atoms with Crippen LogP contribution < -0.4 is 10.1 Å². The highest BCUT2D eigenvalue weighted by Gasteiger charge is 2.13. The lowest BCUT2D eigenvalue weighted by Crippen LogP contribution is -2.11. The summed E-state index contributed by atoms with van der Waals surface area (Å²) < 4.78 is 8.64. The maximum atomic E-state index is 12.6. The van der Waals surface area contributed by atoms with Crippen LogP contribution >= 0.6 is 11.3 Å². The monoisotopic (exact) mass is 456 g/mol. The van der Waals surface area contributed by atoms with Crippen molar-refractivity contribution in [1.29, 1.82) is 0 Å². The lowest BCUT2D eigenvalue weighted by molar-refractivity contribution is 0.102. The summed E-state index contributed by atoms with van der Waals surface area (Å²) in [5.41, 5.74) is 4.56. The van der Waals surface area contributed by atoms with E-state index in [4.69, 9.17) is 4.74 Å². The number of ether oxygens (including phenoxy) is 1. The number of aromatic nitrogens is 5. The van der Waals surface area contributed by atoms with Crippen LogP contribution in [-0.4, -0.2) is 30.6 Å². The molecule has 0 aliphatic carbocycles. The molecule has 0 saturated heterocycles. The second-order valence-corrected chi connectivity index (χ2v) is 8.52. The highest BCUT2D eigenvalue weighted by atomic mass is 32.1. The number of benzene rings is 2. The molecule has 0 fully saturated rings. The molecule has 0 saturated carbocycles. The molecule has 0 aliphatic heterocycles. The van der Waals surface area contributed by atoms with Crippen molar-refractivity contribution >= 4 is 33.1 Å². The van der Waals surface area contributed by atoms with Crippen molar-refractivity contribution in [3.63, 3.8) is 0 Å². The first-order chi connectivity index (χ1) is 16.0. The van der Waals surface area contributed by atoms with Gasteiger partial charge >= 0.3 is 0 Å². The van der Waals surface area contributed by atoms with E-state index in [9.17, 15) is 4.79 Å². The normalized spacial score (nSPS) is 11.0. The number of rotatable bonds is 5. The number of nitrogens with zero attached hydrogens (tertiary/aromatic N) is 5. The Morgan fingerprint density at radius 1 is 1.03 bits per heavy atom. The average molecular weight is 457 g/mol. The Hall–Kier alpha value is -4.11. The van der Waals surface area contributed by atoms with Crippen molar-refractivity contribution in [2.75, 3.05) is 5.32 Å². The van der Waals surface area contributed by atoms with Crippen molar-refractivity contribution in [1.82, 2.24) is 24.7 Å². The van der Waals surface area contributed by atoms with Gasteiger partial charge in [0.25, 0.3) is 5.91 Å². The fraction of sp³-hybridized carbons (Fsp3) is 0.125. The molecule has 0 bridgehead atoms. The van der Waals surface area contributed by atoms with Gasteiger partial charge in [-0.15, -0.1) is 11.3 Å². The van der Waals surface area contributed by atoms with Gasteiger partial charge in [-0.2, -0.15) is 5.10 Å². The number of hydrogen-bond donors (Lipinski definition) is 1. The van der Waals surface area contributed by atoms with E-state index in [1.165, 1.54) is 17.7 Å². The van der Waals surface area contributed by atoms with E-state index in [-0.39, 0.29) is 5.91 Å². The molecule has 2 aromatic carbocycles. The molecule has 0 unspecified atom stereocenters. The number of thiazole rings is 1. The molecule has 164 valence electrons. The molecule has 0 aliphatic rings. The molecule has 9 heteroatoms. The fourth-order valence-corrected chi connectivity index (χ4v) is 4.19. The predicted octanol–water partition coefficient (Wildman–Crippen LogP) is 5.24. The summed E-state index contributed by atoms with van der Waals surface area (Å²) in [6.07, 6.45) is 1.45. The number of carbonyl (C=O) groups is 1. The smallest absolute Gasteiger partial charge is 0.284 e. The first kappa shape index (κ1) is 20.8. The average Bonchev–Trinajstić information content (AvgIpc) is 3.37. The SMILES string of the molecule is Cc1nn(-c2cc(Oc3ccc(NC(=O)c4nc5ccccc5s4)cc3)ncn2)c(C)c1C. The predicted molar refractivity (Wildman–Crippen MR) is 127 cm³/mol. The first-order valence-electron chi connectivity index (χ1n) is 10.3. The molecule has 5 aromatic rings. The van der Waals surface area contributed by atoms with Gasteiger partial charge in [-0.25, -0.2) is 19.6 Å². The zero-order valence-corrected chi connectivity index (χ0v) is 19.1. The van der Waals surface area contributed by atoms with Gasteiger partial charge in [0, 0.05) is 17.4 Å². The minimum absolute atomic E-state index is 0.245. The Balaban J connectivity index is 1.29. The van der Waals surface area contributed by atoms with Crippen LogP contribution in [0.25, 0.3) is 16.0 Å². The number of carbonyl (C=O) groups excluding carboxylic acids is 1. The van der Waals surface area contributed by atoms with Gasteiger partial charge in [0.1, 0.15) is 12.1 Å². The van der Waals surface area contributed by atoms with Crippen LogP contribution in [0.3, 0.4) is 0 Å². The van der Waals surface area contributed by atoms with E-state index in [1.54, 1.807) is 35.0 Å². The Labute approximate surface area is 193 Å². The lowest BCUT2D eigenvalue weighted by Gasteiger charge is -2.08.